The molecule has 2 fully saturated rings. The fourth-order valence-electron chi connectivity index (χ4n) is 2.88. The first-order valence-corrected chi connectivity index (χ1v) is 6.51. The maximum atomic E-state index is 12.3. The maximum Gasteiger partial charge on any atom is 0.392 e. The minimum atomic E-state index is -0.469. The highest BCUT2D eigenvalue weighted by atomic mass is 16.2. The maximum absolute atomic E-state index is 12.3. The molecule has 0 N–H and O–H groups in total. The molecule has 0 radical (unpaired) electrons. The van der Waals surface area contributed by atoms with Gasteiger partial charge in [0.05, 0.1) is 20.1 Å². The standard InChI is InChI=1S/C12H18N5O2/c1-14-8-9(13-11(14)17-6-4-5-7-17)15(2)12(19)16(3)10(8)18/h8H,4-7H2,1-3H3/q+1. The molecule has 3 heterocycles. The minimum absolute atomic E-state index is 0.210. The molecule has 2 saturated heterocycles. The number of aliphatic imine (C=N–C) groups is 1. The van der Waals surface area contributed by atoms with Crippen LogP contribution in [0.3, 0.4) is 0 Å². The van der Waals surface area contributed by atoms with Crippen LogP contribution in [0.15, 0.2) is 4.99 Å². The Kier molecular flexibility index (Phi) is 2.58. The topological polar surface area (TPSA) is 59.2 Å². The second-order valence-corrected chi connectivity index (χ2v) is 5.22. The van der Waals surface area contributed by atoms with Crippen LogP contribution >= 0.6 is 0 Å². The average molecular weight is 264 g/mol. The summed E-state index contributed by atoms with van der Waals surface area (Å²) in [7, 11) is 5.04. The van der Waals surface area contributed by atoms with Crippen molar-refractivity contribution in [1.82, 2.24) is 14.7 Å². The van der Waals surface area contributed by atoms with E-state index in [-0.39, 0.29) is 11.9 Å². The molecule has 0 spiro atoms. The van der Waals surface area contributed by atoms with Gasteiger partial charge in [-0.25, -0.2) is 9.69 Å². The highest BCUT2D eigenvalue weighted by Crippen LogP contribution is 2.22. The van der Waals surface area contributed by atoms with E-state index in [1.54, 1.807) is 7.05 Å². The Balaban J connectivity index is 2.05. The van der Waals surface area contributed by atoms with Gasteiger partial charge in [0, 0.05) is 14.1 Å². The van der Waals surface area contributed by atoms with Crippen molar-refractivity contribution >= 4 is 23.7 Å². The highest BCUT2D eigenvalue weighted by molar-refractivity contribution is 6.25. The van der Waals surface area contributed by atoms with Gasteiger partial charge in [0.15, 0.2) is 0 Å². The number of imide groups is 1. The van der Waals surface area contributed by atoms with E-state index in [0.717, 1.165) is 36.8 Å². The first-order valence-electron chi connectivity index (χ1n) is 6.51. The number of carbonyl (C=O) groups excluding carboxylic acids is 2. The lowest BCUT2D eigenvalue weighted by atomic mass is 10.1. The van der Waals surface area contributed by atoms with E-state index < -0.39 is 6.04 Å². The summed E-state index contributed by atoms with van der Waals surface area (Å²) in [6.45, 7) is 1.93. The molecule has 0 saturated carbocycles. The van der Waals surface area contributed by atoms with Gasteiger partial charge in [-0.3, -0.25) is 19.2 Å². The summed E-state index contributed by atoms with van der Waals surface area (Å²) < 4.78 is 2.18. The van der Waals surface area contributed by atoms with Crippen LogP contribution in [0.1, 0.15) is 12.8 Å². The first kappa shape index (κ1) is 12.1. The Labute approximate surface area is 111 Å². The number of nitrogens with zero attached hydrogens (tertiary/aromatic N) is 5. The summed E-state index contributed by atoms with van der Waals surface area (Å²) in [5.41, 5.74) is 0. The Morgan fingerprint density at radius 1 is 1.11 bits per heavy atom. The molecular formula is C12H18N5O2+. The zero-order valence-electron chi connectivity index (χ0n) is 11.5. The monoisotopic (exact) mass is 264 g/mol. The molecule has 0 bridgehead atoms. The fourth-order valence-corrected chi connectivity index (χ4v) is 2.88. The second-order valence-electron chi connectivity index (χ2n) is 5.22. The van der Waals surface area contributed by atoms with Crippen LogP contribution in [-0.4, -0.2) is 83.3 Å². The second kappa shape index (κ2) is 4.04. The van der Waals surface area contributed by atoms with Crippen LogP contribution in [0, 0.1) is 0 Å². The first-order chi connectivity index (χ1) is 9.02. The van der Waals surface area contributed by atoms with Crippen molar-refractivity contribution in [1.29, 1.82) is 0 Å². The van der Waals surface area contributed by atoms with Gasteiger partial charge in [-0.1, -0.05) is 4.99 Å². The van der Waals surface area contributed by atoms with Gasteiger partial charge in [-0.2, -0.15) is 0 Å². The average Bonchev–Trinajstić information content (AvgIpc) is 3.01. The lowest BCUT2D eigenvalue weighted by molar-refractivity contribution is -0.511. The van der Waals surface area contributed by atoms with Crippen LogP contribution in [0.5, 0.6) is 0 Å². The molecule has 0 aliphatic carbocycles. The Bertz CT molecular complexity index is 516. The highest BCUT2D eigenvalue weighted by Gasteiger charge is 2.53. The van der Waals surface area contributed by atoms with Crippen molar-refractivity contribution in [2.45, 2.75) is 18.9 Å². The van der Waals surface area contributed by atoms with Gasteiger partial charge in [0.25, 0.3) is 5.91 Å². The van der Waals surface area contributed by atoms with E-state index >= 15 is 0 Å². The Hall–Kier alpha value is -1.92. The molecule has 19 heavy (non-hydrogen) atoms. The molecule has 3 rings (SSSR count). The molecule has 3 aliphatic heterocycles. The number of hydrogen-bond donors (Lipinski definition) is 0. The quantitative estimate of drug-likeness (QED) is 0.548. The number of amides is 3. The molecule has 3 aliphatic rings. The van der Waals surface area contributed by atoms with E-state index in [9.17, 15) is 9.59 Å². The third-order valence-electron chi connectivity index (χ3n) is 4.03. The number of guanidine groups is 1. The lowest BCUT2D eigenvalue weighted by Crippen LogP contribution is -2.62. The Morgan fingerprint density at radius 3 is 2.37 bits per heavy atom. The summed E-state index contributed by atoms with van der Waals surface area (Å²) in [5.74, 6) is 1.14. The Morgan fingerprint density at radius 2 is 1.74 bits per heavy atom. The number of rotatable bonds is 0. The predicted octanol–water partition coefficient (Wildman–Crippen LogP) is -0.615. The molecular weight excluding hydrogens is 246 g/mol. The molecule has 0 aromatic rings. The third kappa shape index (κ3) is 1.57. The molecule has 7 nitrogen and oxygen atoms in total. The zero-order valence-corrected chi connectivity index (χ0v) is 11.5. The van der Waals surface area contributed by atoms with Gasteiger partial charge in [-0.15, -0.1) is 0 Å². The molecule has 0 aromatic carbocycles. The van der Waals surface area contributed by atoms with E-state index in [4.69, 9.17) is 0 Å². The lowest BCUT2D eigenvalue weighted by Gasteiger charge is -2.31. The summed E-state index contributed by atoms with van der Waals surface area (Å²) in [4.78, 5) is 33.2. The number of likely N-dealkylation sites (N-methyl/N-ethyl adjacent to an activating group) is 3. The van der Waals surface area contributed by atoms with Crippen LogP contribution in [-0.2, 0) is 4.79 Å². The van der Waals surface area contributed by atoms with Gasteiger partial charge >= 0.3 is 12.0 Å². The van der Waals surface area contributed by atoms with Gasteiger partial charge < -0.3 is 0 Å². The van der Waals surface area contributed by atoms with Crippen LogP contribution in [0.4, 0.5) is 4.79 Å². The summed E-state index contributed by atoms with van der Waals surface area (Å²) in [6.07, 6.45) is 2.30. The number of carbonyl (C=O) groups is 2. The van der Waals surface area contributed by atoms with Crippen LogP contribution in [0.2, 0.25) is 0 Å². The third-order valence-corrected chi connectivity index (χ3v) is 4.03. The van der Waals surface area contributed by atoms with Crippen molar-refractivity contribution in [2.24, 2.45) is 4.99 Å². The molecule has 102 valence electrons. The van der Waals surface area contributed by atoms with Gasteiger partial charge in [0.1, 0.15) is 0 Å². The van der Waals surface area contributed by atoms with Gasteiger partial charge in [0.2, 0.25) is 11.9 Å². The van der Waals surface area contributed by atoms with E-state index in [1.807, 2.05) is 11.9 Å². The molecule has 7 heteroatoms. The number of urea groups is 1. The van der Waals surface area contributed by atoms with Crippen LogP contribution < -0.4 is 0 Å². The van der Waals surface area contributed by atoms with E-state index in [1.165, 1.54) is 11.9 Å². The van der Waals surface area contributed by atoms with Crippen molar-refractivity contribution in [2.75, 3.05) is 34.2 Å². The number of amidine groups is 1. The summed E-state index contributed by atoms with van der Waals surface area (Å²) >= 11 is 0. The van der Waals surface area contributed by atoms with Crippen molar-refractivity contribution in [3.63, 3.8) is 0 Å². The molecule has 1 atom stereocenters. The summed E-state index contributed by atoms with van der Waals surface area (Å²) in [5, 5.41) is 0. The SMILES string of the molecule is CN1C(=O)C2C(=NC(=[N+]3CCCC3)N2C)N(C)C1=O. The van der Waals surface area contributed by atoms with Gasteiger partial charge in [-0.05, 0) is 12.8 Å². The fraction of sp³-hybridized carbons (Fsp3) is 0.667. The molecule has 1 unspecified atom stereocenters. The van der Waals surface area contributed by atoms with Crippen LogP contribution in [0.25, 0.3) is 0 Å². The van der Waals surface area contributed by atoms with Crippen molar-refractivity contribution in [3.05, 3.63) is 0 Å². The number of fused-ring (bicyclic) bond motifs is 1. The zero-order chi connectivity index (χ0) is 13.7. The smallest absolute Gasteiger partial charge is 0.270 e. The number of hydrogen-bond acceptors (Lipinski definition) is 2. The molecule has 0 aromatic heterocycles. The van der Waals surface area contributed by atoms with Crippen molar-refractivity contribution in [3.8, 4) is 0 Å². The minimum Gasteiger partial charge on any atom is -0.270 e. The largest absolute Gasteiger partial charge is 0.392 e. The van der Waals surface area contributed by atoms with E-state index in [2.05, 4.69) is 9.57 Å². The predicted molar refractivity (Wildman–Crippen MR) is 69.2 cm³/mol. The van der Waals surface area contributed by atoms with E-state index in [0.29, 0.717) is 5.84 Å². The normalized spacial score (nSPS) is 27.4. The van der Waals surface area contributed by atoms with Crippen molar-refractivity contribution < 1.29 is 14.2 Å². The molecule has 3 amide bonds. The summed E-state index contributed by atoms with van der Waals surface area (Å²) in [6, 6.07) is -0.792.